The molecule has 1 aromatic heterocycles. The summed E-state index contributed by atoms with van der Waals surface area (Å²) in [4.78, 5) is 18.0. The summed E-state index contributed by atoms with van der Waals surface area (Å²) in [5, 5.41) is 3.33. The van der Waals surface area contributed by atoms with Crippen molar-refractivity contribution in [3.8, 4) is 0 Å². The molecule has 0 aromatic carbocycles. The van der Waals surface area contributed by atoms with E-state index in [1.165, 1.54) is 0 Å². The van der Waals surface area contributed by atoms with Gasteiger partial charge in [-0.1, -0.05) is 11.6 Å². The van der Waals surface area contributed by atoms with Crippen molar-refractivity contribution in [1.29, 1.82) is 0 Å². The van der Waals surface area contributed by atoms with Crippen LogP contribution in [0, 0.1) is 0 Å². The summed E-state index contributed by atoms with van der Waals surface area (Å²) < 4.78 is 0. The average molecular weight is 240 g/mol. The first kappa shape index (κ1) is 11.4. The van der Waals surface area contributed by atoms with Gasteiger partial charge in [-0.15, -0.1) is 0 Å². The highest BCUT2D eigenvalue weighted by atomic mass is 35.5. The number of carbonyl (C=O) groups is 1. The van der Waals surface area contributed by atoms with Gasteiger partial charge in [0.1, 0.15) is 5.69 Å². The maximum atomic E-state index is 11.9. The number of hydrogen-bond donors (Lipinski definition) is 1. The Balaban J connectivity index is 2.01. The molecule has 5 heteroatoms. The number of likely N-dealkylation sites (N-methyl/N-ethyl adjacent to an activating group) is 1. The highest BCUT2D eigenvalue weighted by Gasteiger charge is 2.22. The van der Waals surface area contributed by atoms with Crippen molar-refractivity contribution in [2.45, 2.75) is 12.5 Å². The number of halogens is 1. The van der Waals surface area contributed by atoms with E-state index in [2.05, 4.69) is 15.2 Å². The van der Waals surface area contributed by atoms with Crippen molar-refractivity contribution >= 4 is 17.5 Å². The summed E-state index contributed by atoms with van der Waals surface area (Å²) in [5.74, 6) is -0.189. The highest BCUT2D eigenvalue weighted by Crippen LogP contribution is 2.13. The molecule has 1 saturated heterocycles. The Kier molecular flexibility index (Phi) is 3.41. The Morgan fingerprint density at radius 1 is 1.69 bits per heavy atom. The number of nitrogens with one attached hydrogen (secondary N) is 1. The fourth-order valence-corrected chi connectivity index (χ4v) is 2.07. The van der Waals surface area contributed by atoms with E-state index in [1.807, 2.05) is 7.05 Å². The summed E-state index contributed by atoms with van der Waals surface area (Å²) in [6.07, 6.45) is 2.55. The maximum Gasteiger partial charge on any atom is 0.271 e. The van der Waals surface area contributed by atoms with Gasteiger partial charge < -0.3 is 10.2 Å². The lowest BCUT2D eigenvalue weighted by Gasteiger charge is -2.12. The quantitative estimate of drug-likeness (QED) is 0.843. The van der Waals surface area contributed by atoms with Crippen molar-refractivity contribution in [3.63, 3.8) is 0 Å². The zero-order chi connectivity index (χ0) is 11.5. The van der Waals surface area contributed by atoms with Crippen LogP contribution in [0.25, 0.3) is 0 Å². The van der Waals surface area contributed by atoms with E-state index in [1.54, 1.807) is 18.3 Å². The minimum Gasteiger partial charge on any atom is -0.347 e. The Bertz CT molecular complexity index is 397. The first-order valence-corrected chi connectivity index (χ1v) is 5.64. The van der Waals surface area contributed by atoms with Crippen LogP contribution in [-0.2, 0) is 0 Å². The minimum atomic E-state index is -0.189. The smallest absolute Gasteiger partial charge is 0.271 e. The predicted molar refractivity (Wildman–Crippen MR) is 62.6 cm³/mol. The largest absolute Gasteiger partial charge is 0.347 e. The van der Waals surface area contributed by atoms with Crippen LogP contribution in [-0.4, -0.2) is 42.0 Å². The van der Waals surface area contributed by atoms with Crippen LogP contribution >= 0.6 is 11.6 Å². The van der Waals surface area contributed by atoms with Crippen LogP contribution in [0.3, 0.4) is 0 Å². The zero-order valence-electron chi connectivity index (χ0n) is 9.11. The minimum absolute atomic E-state index is 0.189. The number of rotatable bonds is 2. The number of amides is 1. The van der Waals surface area contributed by atoms with Gasteiger partial charge in [-0.2, -0.15) is 0 Å². The van der Waals surface area contributed by atoms with Gasteiger partial charge in [-0.25, -0.2) is 4.98 Å². The molecule has 0 aliphatic carbocycles. The highest BCUT2D eigenvalue weighted by molar-refractivity contribution is 6.33. The molecule has 0 saturated carbocycles. The molecule has 4 nitrogen and oxygen atoms in total. The lowest BCUT2D eigenvalue weighted by Crippen LogP contribution is -2.37. The molecule has 2 heterocycles. The Morgan fingerprint density at radius 2 is 2.50 bits per heavy atom. The predicted octanol–water partition coefficient (Wildman–Crippen LogP) is 1.17. The molecule has 1 unspecified atom stereocenters. The third-order valence-electron chi connectivity index (χ3n) is 2.70. The molecule has 86 valence electrons. The van der Waals surface area contributed by atoms with Crippen LogP contribution in [0.5, 0.6) is 0 Å². The molecule has 1 aromatic rings. The molecule has 1 atom stereocenters. The third-order valence-corrected chi connectivity index (χ3v) is 3.01. The van der Waals surface area contributed by atoms with E-state index in [0.29, 0.717) is 10.7 Å². The van der Waals surface area contributed by atoms with E-state index in [0.717, 1.165) is 19.5 Å². The molecular formula is C11H14ClN3O. The van der Waals surface area contributed by atoms with Gasteiger partial charge >= 0.3 is 0 Å². The summed E-state index contributed by atoms with van der Waals surface area (Å²) in [7, 11) is 2.04. The number of pyridine rings is 1. The molecule has 1 aliphatic rings. The van der Waals surface area contributed by atoms with Gasteiger partial charge in [-0.05, 0) is 32.1 Å². The maximum absolute atomic E-state index is 11.9. The van der Waals surface area contributed by atoms with Gasteiger partial charge in [0, 0.05) is 18.8 Å². The van der Waals surface area contributed by atoms with Crippen LogP contribution in [0.1, 0.15) is 16.9 Å². The second kappa shape index (κ2) is 4.80. The number of aromatic nitrogens is 1. The SMILES string of the molecule is CN1CCC(NC(=O)c2ncccc2Cl)C1. The van der Waals surface area contributed by atoms with E-state index in [4.69, 9.17) is 11.6 Å². The van der Waals surface area contributed by atoms with E-state index in [-0.39, 0.29) is 11.9 Å². The van der Waals surface area contributed by atoms with E-state index < -0.39 is 0 Å². The summed E-state index contributed by atoms with van der Waals surface area (Å²) in [6, 6.07) is 3.59. The van der Waals surface area contributed by atoms with Crippen LogP contribution in [0.15, 0.2) is 18.3 Å². The summed E-state index contributed by atoms with van der Waals surface area (Å²) >= 11 is 5.90. The zero-order valence-corrected chi connectivity index (χ0v) is 9.87. The van der Waals surface area contributed by atoms with Crippen molar-refractivity contribution < 1.29 is 4.79 Å². The molecule has 1 aliphatic heterocycles. The number of likely N-dealkylation sites (tertiary alicyclic amines) is 1. The number of nitrogens with zero attached hydrogens (tertiary/aromatic N) is 2. The van der Waals surface area contributed by atoms with Gasteiger partial charge in [0.25, 0.3) is 5.91 Å². The van der Waals surface area contributed by atoms with Crippen molar-refractivity contribution in [1.82, 2.24) is 15.2 Å². The fraction of sp³-hybridized carbons (Fsp3) is 0.455. The molecule has 16 heavy (non-hydrogen) atoms. The van der Waals surface area contributed by atoms with Crippen molar-refractivity contribution in [3.05, 3.63) is 29.0 Å². The van der Waals surface area contributed by atoms with Crippen molar-refractivity contribution in [2.75, 3.05) is 20.1 Å². The summed E-state index contributed by atoms with van der Waals surface area (Å²) in [5.41, 5.74) is 0.304. The molecule has 2 rings (SSSR count). The number of carbonyl (C=O) groups excluding carboxylic acids is 1. The average Bonchev–Trinajstić information content (AvgIpc) is 2.64. The molecule has 0 bridgehead atoms. The molecule has 1 amide bonds. The van der Waals surface area contributed by atoms with E-state index in [9.17, 15) is 4.79 Å². The molecule has 1 fully saturated rings. The van der Waals surface area contributed by atoms with Crippen molar-refractivity contribution in [2.24, 2.45) is 0 Å². The molecule has 0 radical (unpaired) electrons. The Morgan fingerprint density at radius 3 is 3.12 bits per heavy atom. The Labute approximate surface area is 99.6 Å². The molecule has 1 N–H and O–H groups in total. The molecule has 0 spiro atoms. The third kappa shape index (κ3) is 2.51. The topological polar surface area (TPSA) is 45.2 Å². The monoisotopic (exact) mass is 239 g/mol. The van der Waals surface area contributed by atoms with Crippen LogP contribution in [0.2, 0.25) is 5.02 Å². The summed E-state index contributed by atoms with van der Waals surface area (Å²) in [6.45, 7) is 1.90. The standard InChI is InChI=1S/C11H14ClN3O/c1-15-6-4-8(7-15)14-11(16)10-9(12)3-2-5-13-10/h2-3,5,8H,4,6-7H2,1H3,(H,14,16). The Hall–Kier alpha value is -1.13. The van der Waals surface area contributed by atoms with Gasteiger partial charge in [0.05, 0.1) is 5.02 Å². The van der Waals surface area contributed by atoms with E-state index >= 15 is 0 Å². The van der Waals surface area contributed by atoms with Gasteiger partial charge in [0.2, 0.25) is 0 Å². The first-order valence-electron chi connectivity index (χ1n) is 5.27. The fourth-order valence-electron chi connectivity index (χ4n) is 1.86. The second-order valence-corrected chi connectivity index (χ2v) is 4.46. The first-order chi connectivity index (χ1) is 7.66. The molecular weight excluding hydrogens is 226 g/mol. The van der Waals surface area contributed by atoms with Gasteiger partial charge in [0.15, 0.2) is 0 Å². The second-order valence-electron chi connectivity index (χ2n) is 4.06. The number of hydrogen-bond acceptors (Lipinski definition) is 3. The van der Waals surface area contributed by atoms with Crippen LogP contribution < -0.4 is 5.32 Å². The van der Waals surface area contributed by atoms with Gasteiger partial charge in [-0.3, -0.25) is 4.79 Å². The van der Waals surface area contributed by atoms with Crippen LogP contribution in [0.4, 0.5) is 0 Å². The lowest BCUT2D eigenvalue weighted by molar-refractivity contribution is 0.0933. The normalized spacial score (nSPS) is 21.0. The lowest BCUT2D eigenvalue weighted by atomic mass is 10.2.